The van der Waals surface area contributed by atoms with E-state index in [2.05, 4.69) is 14.6 Å². The third kappa shape index (κ3) is 2.19. The van der Waals surface area contributed by atoms with E-state index >= 15 is 0 Å². The van der Waals surface area contributed by atoms with Crippen molar-refractivity contribution in [3.63, 3.8) is 0 Å². The molecule has 1 heterocycles. The molecule has 0 saturated carbocycles. The van der Waals surface area contributed by atoms with Gasteiger partial charge in [0.2, 0.25) is 5.89 Å². The third-order valence-electron chi connectivity index (χ3n) is 2.22. The molecule has 96 valence electrons. The van der Waals surface area contributed by atoms with Gasteiger partial charge in [0, 0.05) is 17.7 Å². The number of halogens is 4. The molecule has 0 spiro atoms. The van der Waals surface area contributed by atoms with Crippen LogP contribution in [0.4, 0.5) is 17.6 Å². The van der Waals surface area contributed by atoms with Crippen LogP contribution in [-0.2, 0) is 6.54 Å². The number of nitrogens with zero attached hydrogens (tertiary/aromatic N) is 2. The van der Waals surface area contributed by atoms with Crippen LogP contribution >= 0.6 is 0 Å². The Morgan fingerprint density at radius 2 is 1.78 bits per heavy atom. The van der Waals surface area contributed by atoms with Crippen molar-refractivity contribution in [1.82, 2.24) is 10.2 Å². The molecule has 2 aromatic rings. The lowest BCUT2D eigenvalue weighted by Gasteiger charge is -2.03. The van der Waals surface area contributed by atoms with Gasteiger partial charge in [-0.05, 0) is 12.1 Å². The molecule has 0 unspecified atom stereocenters. The van der Waals surface area contributed by atoms with Gasteiger partial charge in [0.15, 0.2) is 0 Å². The maximum Gasteiger partial charge on any atom is 0.314 e. The highest BCUT2D eigenvalue weighted by Gasteiger charge is 2.19. The zero-order valence-corrected chi connectivity index (χ0v) is 8.83. The molecule has 0 aliphatic rings. The lowest BCUT2D eigenvalue weighted by atomic mass is 10.1. The van der Waals surface area contributed by atoms with Gasteiger partial charge in [-0.25, -0.2) is 8.78 Å². The molecule has 2 N–H and O–H groups in total. The molecule has 1 aromatic heterocycles. The number of nitrogens with two attached hydrogens (primary N) is 1. The molecular formula is C10H7F4N3O. The summed E-state index contributed by atoms with van der Waals surface area (Å²) >= 11 is 0. The van der Waals surface area contributed by atoms with E-state index in [-0.39, 0.29) is 23.6 Å². The van der Waals surface area contributed by atoms with Gasteiger partial charge in [0.1, 0.15) is 11.6 Å². The van der Waals surface area contributed by atoms with E-state index < -0.39 is 24.0 Å². The van der Waals surface area contributed by atoms with Crippen LogP contribution in [0.5, 0.6) is 0 Å². The largest absolute Gasteiger partial charge is 0.415 e. The minimum atomic E-state index is -2.94. The zero-order chi connectivity index (χ0) is 13.3. The molecule has 0 amide bonds. The topological polar surface area (TPSA) is 64.9 Å². The molecule has 8 heteroatoms. The molecule has 1 aromatic carbocycles. The van der Waals surface area contributed by atoms with Gasteiger partial charge >= 0.3 is 6.43 Å². The summed E-state index contributed by atoms with van der Waals surface area (Å²) in [5.41, 5.74) is 4.73. The van der Waals surface area contributed by atoms with E-state index in [1.54, 1.807) is 0 Å². The van der Waals surface area contributed by atoms with Crippen molar-refractivity contribution in [2.75, 3.05) is 0 Å². The minimum Gasteiger partial charge on any atom is -0.415 e. The highest BCUT2D eigenvalue weighted by Crippen LogP contribution is 2.26. The summed E-state index contributed by atoms with van der Waals surface area (Å²) in [6.07, 6.45) is -2.94. The number of aromatic nitrogens is 2. The van der Waals surface area contributed by atoms with Crippen molar-refractivity contribution in [1.29, 1.82) is 0 Å². The van der Waals surface area contributed by atoms with Gasteiger partial charge in [0.05, 0.1) is 0 Å². The number of rotatable bonds is 3. The van der Waals surface area contributed by atoms with E-state index in [4.69, 9.17) is 5.73 Å². The summed E-state index contributed by atoms with van der Waals surface area (Å²) in [4.78, 5) is 0. The lowest BCUT2D eigenvalue weighted by molar-refractivity contribution is 0.116. The third-order valence-corrected chi connectivity index (χ3v) is 2.22. The summed E-state index contributed by atoms with van der Waals surface area (Å²) in [5, 5.41) is 6.34. The normalized spacial score (nSPS) is 11.2. The molecule has 0 bridgehead atoms. The first-order chi connectivity index (χ1) is 8.52. The van der Waals surface area contributed by atoms with Crippen LogP contribution in [-0.4, -0.2) is 10.2 Å². The standard InChI is InChI=1S/C10H7F4N3O/c11-6-1-4(2-7(12)5(6)3-15)9-16-17-10(18-9)8(13)14/h1-2,8H,3,15H2. The molecular weight excluding hydrogens is 254 g/mol. The van der Waals surface area contributed by atoms with Crippen LogP contribution in [0.25, 0.3) is 11.5 Å². The van der Waals surface area contributed by atoms with E-state index in [9.17, 15) is 17.6 Å². The lowest BCUT2D eigenvalue weighted by Crippen LogP contribution is -2.03. The van der Waals surface area contributed by atoms with Crippen molar-refractivity contribution in [2.24, 2.45) is 5.73 Å². The highest BCUT2D eigenvalue weighted by atomic mass is 19.3. The Kier molecular flexibility index (Phi) is 3.28. The smallest absolute Gasteiger partial charge is 0.314 e. The molecule has 4 nitrogen and oxygen atoms in total. The predicted molar refractivity (Wildman–Crippen MR) is 52.5 cm³/mol. The molecule has 0 aliphatic heterocycles. The summed E-state index contributed by atoms with van der Waals surface area (Å²) in [5.74, 6) is -3.09. The quantitative estimate of drug-likeness (QED) is 0.861. The Hall–Kier alpha value is -1.96. The van der Waals surface area contributed by atoms with Gasteiger partial charge in [-0.2, -0.15) is 8.78 Å². The highest BCUT2D eigenvalue weighted by molar-refractivity contribution is 5.53. The van der Waals surface area contributed by atoms with Gasteiger partial charge in [-0.3, -0.25) is 0 Å². The first kappa shape index (κ1) is 12.5. The van der Waals surface area contributed by atoms with Crippen molar-refractivity contribution < 1.29 is 22.0 Å². The monoisotopic (exact) mass is 261 g/mol. The van der Waals surface area contributed by atoms with Crippen LogP contribution in [0.1, 0.15) is 17.9 Å². The van der Waals surface area contributed by atoms with Crippen LogP contribution in [0.3, 0.4) is 0 Å². The molecule has 0 fully saturated rings. The molecule has 0 aliphatic carbocycles. The maximum absolute atomic E-state index is 13.4. The van der Waals surface area contributed by atoms with Gasteiger partial charge in [-0.1, -0.05) is 0 Å². The Bertz CT molecular complexity index is 547. The van der Waals surface area contributed by atoms with Gasteiger partial charge in [-0.15, -0.1) is 10.2 Å². The summed E-state index contributed by atoms with van der Waals surface area (Å²) in [7, 11) is 0. The average molecular weight is 261 g/mol. The Morgan fingerprint density at radius 3 is 2.22 bits per heavy atom. The Morgan fingerprint density at radius 1 is 1.17 bits per heavy atom. The molecule has 18 heavy (non-hydrogen) atoms. The number of hydrogen-bond donors (Lipinski definition) is 1. The SMILES string of the molecule is NCc1c(F)cc(-c2nnc(C(F)F)o2)cc1F. The number of hydrogen-bond acceptors (Lipinski definition) is 4. The summed E-state index contributed by atoms with van der Waals surface area (Å²) < 4.78 is 55.8. The maximum atomic E-state index is 13.4. The van der Waals surface area contributed by atoms with E-state index in [0.717, 1.165) is 12.1 Å². The van der Waals surface area contributed by atoms with Crippen LogP contribution in [0.15, 0.2) is 16.5 Å². The summed E-state index contributed by atoms with van der Waals surface area (Å²) in [6.45, 7) is -0.315. The van der Waals surface area contributed by atoms with E-state index in [0.29, 0.717) is 0 Å². The van der Waals surface area contributed by atoms with Crippen molar-refractivity contribution in [3.05, 3.63) is 35.2 Å². The average Bonchev–Trinajstić information content (AvgIpc) is 2.77. The summed E-state index contributed by atoms with van der Waals surface area (Å²) in [6, 6.07) is 1.79. The van der Waals surface area contributed by atoms with Crippen LogP contribution in [0.2, 0.25) is 0 Å². The Balaban J connectivity index is 2.44. The van der Waals surface area contributed by atoms with E-state index in [1.165, 1.54) is 0 Å². The van der Waals surface area contributed by atoms with Gasteiger partial charge in [0.25, 0.3) is 5.89 Å². The Labute approximate surface area is 98.4 Å². The van der Waals surface area contributed by atoms with Crippen molar-refractivity contribution in [3.8, 4) is 11.5 Å². The van der Waals surface area contributed by atoms with Crippen LogP contribution in [0, 0.1) is 11.6 Å². The second kappa shape index (κ2) is 4.73. The minimum absolute atomic E-state index is 0.124. The fraction of sp³-hybridized carbons (Fsp3) is 0.200. The second-order valence-corrected chi connectivity index (χ2v) is 3.37. The fourth-order valence-corrected chi connectivity index (χ4v) is 1.36. The number of alkyl halides is 2. The van der Waals surface area contributed by atoms with E-state index in [1.807, 2.05) is 0 Å². The second-order valence-electron chi connectivity index (χ2n) is 3.37. The molecule has 2 rings (SSSR count). The first-order valence-electron chi connectivity index (χ1n) is 4.83. The first-order valence-corrected chi connectivity index (χ1v) is 4.83. The number of benzene rings is 1. The molecule has 0 saturated heterocycles. The predicted octanol–water partition coefficient (Wildman–Crippen LogP) is 2.41. The van der Waals surface area contributed by atoms with Crippen LogP contribution < -0.4 is 5.73 Å². The van der Waals surface area contributed by atoms with Crippen molar-refractivity contribution in [2.45, 2.75) is 13.0 Å². The molecule has 0 radical (unpaired) electrons. The van der Waals surface area contributed by atoms with Crippen molar-refractivity contribution >= 4 is 0 Å². The van der Waals surface area contributed by atoms with Gasteiger partial charge < -0.3 is 10.2 Å². The fourth-order valence-electron chi connectivity index (χ4n) is 1.36. The molecule has 0 atom stereocenters. The zero-order valence-electron chi connectivity index (χ0n) is 8.83.